The number of amides is 1. The third kappa shape index (κ3) is 6.08. The van der Waals surface area contributed by atoms with Gasteiger partial charge in [-0.15, -0.1) is 0 Å². The minimum atomic E-state index is -3.81. The van der Waals surface area contributed by atoms with Crippen molar-refractivity contribution < 1.29 is 27.5 Å². The first kappa shape index (κ1) is 20.4. The SMILES string of the molecule is C[C@@H](OC(=O)[C@@H](C)Oc1ccccc1)C(=O)Nc1ccc(S(N)(=O)=O)cc1. The van der Waals surface area contributed by atoms with Gasteiger partial charge in [-0.25, -0.2) is 18.4 Å². The quantitative estimate of drug-likeness (QED) is 0.691. The molecule has 0 unspecified atom stereocenters. The molecule has 0 bridgehead atoms. The van der Waals surface area contributed by atoms with Gasteiger partial charge in [0, 0.05) is 5.69 Å². The van der Waals surface area contributed by atoms with Crippen LogP contribution in [0, 0.1) is 0 Å². The van der Waals surface area contributed by atoms with Crippen molar-refractivity contribution in [2.45, 2.75) is 31.0 Å². The van der Waals surface area contributed by atoms with Crippen molar-refractivity contribution in [3.05, 3.63) is 54.6 Å². The van der Waals surface area contributed by atoms with Crippen molar-refractivity contribution >= 4 is 27.6 Å². The molecular weight excluding hydrogens is 372 g/mol. The number of nitrogens with two attached hydrogens (primary N) is 1. The fourth-order valence-electron chi connectivity index (χ4n) is 2.05. The van der Waals surface area contributed by atoms with Crippen LogP contribution in [-0.4, -0.2) is 32.5 Å². The molecule has 0 fully saturated rings. The van der Waals surface area contributed by atoms with Crippen LogP contribution >= 0.6 is 0 Å². The second-order valence-corrected chi connectivity index (χ2v) is 7.27. The molecule has 9 heteroatoms. The standard InChI is InChI=1S/C18H20N2O6S/c1-12(26-18(22)13(2)25-15-6-4-3-5-7-15)17(21)20-14-8-10-16(11-9-14)27(19,23)24/h3-13H,1-2H3,(H,20,21)(H2,19,23,24)/t12-,13-/m1/s1. The highest BCUT2D eigenvalue weighted by Gasteiger charge is 2.23. The molecule has 144 valence electrons. The summed E-state index contributed by atoms with van der Waals surface area (Å²) in [6.07, 6.45) is -1.96. The average molecular weight is 392 g/mol. The topological polar surface area (TPSA) is 125 Å². The van der Waals surface area contributed by atoms with Crippen molar-refractivity contribution in [3.8, 4) is 5.75 Å². The van der Waals surface area contributed by atoms with Crippen molar-refractivity contribution in [3.63, 3.8) is 0 Å². The van der Waals surface area contributed by atoms with E-state index in [1.807, 2.05) is 6.07 Å². The molecule has 0 spiro atoms. The fourth-order valence-corrected chi connectivity index (χ4v) is 2.56. The van der Waals surface area contributed by atoms with Gasteiger partial charge in [0.15, 0.2) is 12.2 Å². The minimum Gasteiger partial charge on any atom is -0.479 e. The highest BCUT2D eigenvalue weighted by atomic mass is 32.2. The maximum absolute atomic E-state index is 12.1. The first-order chi connectivity index (χ1) is 12.7. The summed E-state index contributed by atoms with van der Waals surface area (Å²) < 4.78 is 33.0. The largest absolute Gasteiger partial charge is 0.479 e. The predicted molar refractivity (Wildman–Crippen MR) is 98.5 cm³/mol. The molecule has 0 heterocycles. The normalized spacial score (nSPS) is 13.3. The third-order valence-corrected chi connectivity index (χ3v) is 4.43. The maximum atomic E-state index is 12.1. The van der Waals surface area contributed by atoms with Crippen LogP contribution in [-0.2, 0) is 24.3 Å². The lowest BCUT2D eigenvalue weighted by Gasteiger charge is -2.17. The number of sulfonamides is 1. The van der Waals surface area contributed by atoms with E-state index in [1.165, 1.54) is 38.1 Å². The number of primary sulfonamides is 1. The Kier molecular flexibility index (Phi) is 6.54. The summed E-state index contributed by atoms with van der Waals surface area (Å²) in [6, 6.07) is 14.0. The lowest BCUT2D eigenvalue weighted by molar-refractivity contribution is -0.159. The van der Waals surface area contributed by atoms with Crippen molar-refractivity contribution in [2.24, 2.45) is 5.14 Å². The number of carbonyl (C=O) groups is 2. The first-order valence-corrected chi connectivity index (χ1v) is 9.57. The number of para-hydroxylation sites is 1. The van der Waals surface area contributed by atoms with Crippen LogP contribution in [0.15, 0.2) is 59.5 Å². The van der Waals surface area contributed by atoms with Crippen LogP contribution in [0.25, 0.3) is 0 Å². The van der Waals surface area contributed by atoms with E-state index < -0.39 is 34.1 Å². The Morgan fingerprint density at radius 2 is 1.56 bits per heavy atom. The molecule has 0 aliphatic heterocycles. The van der Waals surface area contributed by atoms with Gasteiger partial charge in [-0.2, -0.15) is 0 Å². The number of esters is 1. The molecule has 27 heavy (non-hydrogen) atoms. The van der Waals surface area contributed by atoms with Crippen molar-refractivity contribution in [2.75, 3.05) is 5.32 Å². The number of hydrogen-bond acceptors (Lipinski definition) is 6. The number of benzene rings is 2. The number of nitrogens with one attached hydrogen (secondary N) is 1. The Morgan fingerprint density at radius 1 is 0.963 bits per heavy atom. The van der Waals surface area contributed by atoms with E-state index in [9.17, 15) is 18.0 Å². The smallest absolute Gasteiger partial charge is 0.347 e. The van der Waals surface area contributed by atoms with Crippen LogP contribution in [0.3, 0.4) is 0 Å². The van der Waals surface area contributed by atoms with E-state index in [-0.39, 0.29) is 4.90 Å². The van der Waals surface area contributed by atoms with E-state index in [4.69, 9.17) is 14.6 Å². The van der Waals surface area contributed by atoms with Crippen LogP contribution < -0.4 is 15.2 Å². The Labute approximate surface area is 157 Å². The van der Waals surface area contributed by atoms with Gasteiger partial charge in [-0.05, 0) is 50.2 Å². The summed E-state index contributed by atoms with van der Waals surface area (Å²) in [7, 11) is -3.81. The summed E-state index contributed by atoms with van der Waals surface area (Å²) >= 11 is 0. The molecule has 2 atom stereocenters. The van der Waals surface area contributed by atoms with Gasteiger partial charge >= 0.3 is 5.97 Å². The van der Waals surface area contributed by atoms with Crippen LogP contribution in [0.4, 0.5) is 5.69 Å². The number of carbonyl (C=O) groups excluding carboxylic acids is 2. The summed E-state index contributed by atoms with van der Waals surface area (Å²) in [5.41, 5.74) is 0.337. The zero-order valence-electron chi connectivity index (χ0n) is 14.8. The Morgan fingerprint density at radius 3 is 2.11 bits per heavy atom. The summed E-state index contributed by atoms with van der Waals surface area (Å²) in [4.78, 5) is 24.1. The van der Waals surface area contributed by atoms with Crippen molar-refractivity contribution in [1.82, 2.24) is 0 Å². The van der Waals surface area contributed by atoms with E-state index in [0.717, 1.165) is 0 Å². The van der Waals surface area contributed by atoms with Crippen molar-refractivity contribution in [1.29, 1.82) is 0 Å². The second kappa shape index (κ2) is 8.65. The molecule has 3 N–H and O–H groups in total. The van der Waals surface area contributed by atoms with E-state index in [1.54, 1.807) is 24.3 Å². The highest BCUT2D eigenvalue weighted by molar-refractivity contribution is 7.89. The molecule has 2 rings (SSSR count). The monoisotopic (exact) mass is 392 g/mol. The van der Waals surface area contributed by atoms with Crippen LogP contribution in [0.5, 0.6) is 5.75 Å². The Bertz CT molecular complexity index is 897. The molecule has 2 aromatic carbocycles. The summed E-state index contributed by atoms with van der Waals surface area (Å²) in [6.45, 7) is 2.94. The zero-order chi connectivity index (χ0) is 20.0. The van der Waals surface area contributed by atoms with Gasteiger partial charge in [0.2, 0.25) is 10.0 Å². The number of rotatable bonds is 7. The predicted octanol–water partition coefficient (Wildman–Crippen LogP) is 1.67. The molecule has 0 aliphatic carbocycles. The molecule has 0 radical (unpaired) electrons. The second-order valence-electron chi connectivity index (χ2n) is 5.71. The fraction of sp³-hybridized carbons (Fsp3) is 0.222. The summed E-state index contributed by atoms with van der Waals surface area (Å²) in [5, 5.41) is 7.53. The number of ether oxygens (including phenoxy) is 2. The summed E-state index contributed by atoms with van der Waals surface area (Å²) in [5.74, 6) is -0.751. The van der Waals surface area contributed by atoms with E-state index >= 15 is 0 Å². The van der Waals surface area contributed by atoms with Gasteiger partial charge in [-0.3, -0.25) is 4.79 Å². The average Bonchev–Trinajstić information content (AvgIpc) is 2.62. The van der Waals surface area contributed by atoms with Gasteiger partial charge in [0.25, 0.3) is 5.91 Å². The maximum Gasteiger partial charge on any atom is 0.347 e. The molecule has 8 nitrogen and oxygen atoms in total. The molecule has 0 aliphatic rings. The highest BCUT2D eigenvalue weighted by Crippen LogP contribution is 2.14. The first-order valence-electron chi connectivity index (χ1n) is 8.03. The Balaban J connectivity index is 1.90. The van der Waals surface area contributed by atoms with Gasteiger partial charge in [-0.1, -0.05) is 18.2 Å². The van der Waals surface area contributed by atoms with Crippen LogP contribution in [0.2, 0.25) is 0 Å². The van der Waals surface area contributed by atoms with Crippen LogP contribution in [0.1, 0.15) is 13.8 Å². The molecule has 0 aromatic heterocycles. The van der Waals surface area contributed by atoms with E-state index in [2.05, 4.69) is 5.32 Å². The minimum absolute atomic E-state index is 0.0770. The van der Waals surface area contributed by atoms with Gasteiger partial charge < -0.3 is 14.8 Å². The third-order valence-electron chi connectivity index (χ3n) is 3.50. The molecule has 0 saturated heterocycles. The molecule has 2 aromatic rings. The van der Waals surface area contributed by atoms with Gasteiger partial charge in [0.1, 0.15) is 5.75 Å². The lowest BCUT2D eigenvalue weighted by Crippen LogP contribution is -2.35. The molecular formula is C18H20N2O6S. The lowest BCUT2D eigenvalue weighted by atomic mass is 10.3. The zero-order valence-corrected chi connectivity index (χ0v) is 15.6. The Hall–Kier alpha value is -2.91. The van der Waals surface area contributed by atoms with E-state index in [0.29, 0.717) is 11.4 Å². The number of anilines is 1. The molecule has 0 saturated carbocycles. The number of hydrogen-bond donors (Lipinski definition) is 2. The molecule has 1 amide bonds. The van der Waals surface area contributed by atoms with Gasteiger partial charge in [0.05, 0.1) is 4.90 Å².